The fraction of sp³-hybridized carbons (Fsp3) is 0.429. The summed E-state index contributed by atoms with van der Waals surface area (Å²) in [6.07, 6.45) is 3.97. The zero-order valence-electron chi connectivity index (χ0n) is 21.6. The maximum atomic E-state index is 14.0. The maximum absolute atomic E-state index is 14.0. The number of carbonyl (C=O) groups excluding carboxylic acids is 4. The third-order valence-electron chi connectivity index (χ3n) is 8.01. The largest absolute Gasteiger partial charge is 0.351 e. The van der Waals surface area contributed by atoms with E-state index in [4.69, 9.17) is 5.73 Å². The second-order valence-corrected chi connectivity index (χ2v) is 10.5. The smallest absolute Gasteiger partial charge is 0.321 e. The summed E-state index contributed by atoms with van der Waals surface area (Å²) in [5.41, 5.74) is 8.94. The van der Waals surface area contributed by atoms with E-state index < -0.39 is 41.9 Å². The lowest BCUT2D eigenvalue weighted by Gasteiger charge is -2.32. The lowest BCUT2D eigenvalue weighted by Crippen LogP contribution is -2.51. The number of primary amides is 1. The number of anilines is 1. The SMILES string of the molecule is CNC(=O)Nc1ccc2c(c1)CC[C@@H]2C(=O)N(CC(=O)N1Cc2cc(F)c(F)cc2CC[C@H]1C1CC1)C(N)=O. The number of carbonyl (C=O) groups is 4. The molecular weight excluding hydrogens is 508 g/mol. The maximum Gasteiger partial charge on any atom is 0.321 e. The van der Waals surface area contributed by atoms with Crippen LogP contribution in [0.1, 0.15) is 53.9 Å². The van der Waals surface area contributed by atoms with Gasteiger partial charge in [0.1, 0.15) is 6.54 Å². The summed E-state index contributed by atoms with van der Waals surface area (Å²) >= 11 is 0. The van der Waals surface area contributed by atoms with Crippen molar-refractivity contribution in [1.29, 1.82) is 0 Å². The van der Waals surface area contributed by atoms with Gasteiger partial charge in [0.25, 0.3) is 0 Å². The van der Waals surface area contributed by atoms with E-state index in [1.165, 1.54) is 13.1 Å². The van der Waals surface area contributed by atoms with Gasteiger partial charge in [0.05, 0.1) is 5.92 Å². The monoisotopic (exact) mass is 539 g/mol. The zero-order chi connectivity index (χ0) is 27.8. The van der Waals surface area contributed by atoms with Crippen molar-refractivity contribution in [3.8, 4) is 0 Å². The Balaban J connectivity index is 1.35. The average molecular weight is 540 g/mol. The second kappa shape index (κ2) is 10.6. The molecule has 6 amide bonds. The van der Waals surface area contributed by atoms with E-state index in [9.17, 15) is 28.0 Å². The van der Waals surface area contributed by atoms with Gasteiger partial charge in [0.2, 0.25) is 11.8 Å². The second-order valence-electron chi connectivity index (χ2n) is 10.5. The Kier molecular flexibility index (Phi) is 7.24. The van der Waals surface area contributed by atoms with Crippen molar-refractivity contribution in [2.75, 3.05) is 18.9 Å². The van der Waals surface area contributed by atoms with Crippen LogP contribution in [0.5, 0.6) is 0 Å². The summed E-state index contributed by atoms with van der Waals surface area (Å²) in [6, 6.07) is 5.97. The molecule has 1 heterocycles. The van der Waals surface area contributed by atoms with Crippen molar-refractivity contribution < 1.29 is 28.0 Å². The Morgan fingerprint density at radius 2 is 1.67 bits per heavy atom. The van der Waals surface area contributed by atoms with E-state index >= 15 is 0 Å². The quantitative estimate of drug-likeness (QED) is 0.539. The summed E-state index contributed by atoms with van der Waals surface area (Å²) in [7, 11) is 1.51. The van der Waals surface area contributed by atoms with Gasteiger partial charge in [0.15, 0.2) is 11.6 Å². The molecule has 0 saturated heterocycles. The molecule has 0 radical (unpaired) electrons. The minimum atomic E-state index is -1.02. The summed E-state index contributed by atoms with van der Waals surface area (Å²) in [6.45, 7) is -0.459. The molecule has 1 saturated carbocycles. The van der Waals surface area contributed by atoms with Crippen LogP contribution < -0.4 is 16.4 Å². The van der Waals surface area contributed by atoms with Crippen LogP contribution in [0.3, 0.4) is 0 Å². The Morgan fingerprint density at radius 1 is 0.974 bits per heavy atom. The minimum absolute atomic E-state index is 0.0701. The summed E-state index contributed by atoms with van der Waals surface area (Å²) in [5.74, 6) is -3.30. The van der Waals surface area contributed by atoms with Gasteiger partial charge in [0, 0.05) is 25.3 Å². The van der Waals surface area contributed by atoms with Gasteiger partial charge >= 0.3 is 12.1 Å². The van der Waals surface area contributed by atoms with Crippen molar-refractivity contribution >= 4 is 29.6 Å². The third kappa shape index (κ3) is 5.43. The molecule has 11 heteroatoms. The van der Waals surface area contributed by atoms with Crippen LogP contribution in [0.2, 0.25) is 0 Å². The van der Waals surface area contributed by atoms with Crippen molar-refractivity contribution in [2.24, 2.45) is 11.7 Å². The Labute approximate surface area is 224 Å². The van der Waals surface area contributed by atoms with Crippen molar-refractivity contribution in [2.45, 2.75) is 57.0 Å². The highest BCUT2D eigenvalue weighted by molar-refractivity contribution is 6.01. The first-order valence-electron chi connectivity index (χ1n) is 13.1. The number of nitrogens with zero attached hydrogens (tertiary/aromatic N) is 2. The molecule has 2 aromatic carbocycles. The molecule has 2 aromatic rings. The molecule has 2 aliphatic carbocycles. The molecule has 1 fully saturated rings. The van der Waals surface area contributed by atoms with Crippen molar-refractivity contribution in [3.63, 3.8) is 0 Å². The molecule has 39 heavy (non-hydrogen) atoms. The molecule has 5 rings (SSSR count). The first-order valence-corrected chi connectivity index (χ1v) is 13.1. The number of amides is 6. The van der Waals surface area contributed by atoms with E-state index in [0.717, 1.165) is 34.9 Å². The van der Waals surface area contributed by atoms with Crippen LogP contribution in [-0.4, -0.2) is 53.3 Å². The van der Waals surface area contributed by atoms with Gasteiger partial charge in [-0.25, -0.2) is 18.4 Å². The van der Waals surface area contributed by atoms with E-state index in [1.807, 2.05) is 0 Å². The highest BCUT2D eigenvalue weighted by Gasteiger charge is 2.41. The number of hydrogen-bond donors (Lipinski definition) is 3. The first kappa shape index (κ1) is 26.6. The highest BCUT2D eigenvalue weighted by Crippen LogP contribution is 2.40. The van der Waals surface area contributed by atoms with Crippen LogP contribution >= 0.6 is 0 Å². The Morgan fingerprint density at radius 3 is 2.33 bits per heavy atom. The Bertz CT molecular complexity index is 1350. The number of halogens is 2. The van der Waals surface area contributed by atoms with Gasteiger partial charge < -0.3 is 21.3 Å². The first-order chi connectivity index (χ1) is 18.7. The molecule has 0 unspecified atom stereocenters. The molecule has 206 valence electrons. The lowest BCUT2D eigenvalue weighted by molar-refractivity contribution is -0.141. The van der Waals surface area contributed by atoms with Gasteiger partial charge in [-0.3, -0.25) is 14.5 Å². The molecule has 2 atom stereocenters. The summed E-state index contributed by atoms with van der Waals surface area (Å²) in [4.78, 5) is 53.6. The van der Waals surface area contributed by atoms with Crippen LogP contribution in [0, 0.1) is 17.6 Å². The topological polar surface area (TPSA) is 125 Å². The number of rotatable bonds is 5. The lowest BCUT2D eigenvalue weighted by atomic mass is 9.99. The molecule has 0 spiro atoms. The van der Waals surface area contributed by atoms with Crippen LogP contribution in [-0.2, 0) is 29.0 Å². The summed E-state index contributed by atoms with van der Waals surface area (Å²) in [5, 5.41) is 5.17. The van der Waals surface area contributed by atoms with E-state index in [2.05, 4.69) is 10.6 Å². The van der Waals surface area contributed by atoms with E-state index in [1.54, 1.807) is 23.1 Å². The predicted octanol–water partition coefficient (Wildman–Crippen LogP) is 3.41. The predicted molar refractivity (Wildman–Crippen MR) is 139 cm³/mol. The normalized spacial score (nSPS) is 19.9. The van der Waals surface area contributed by atoms with Gasteiger partial charge in [-0.1, -0.05) is 6.07 Å². The number of aryl methyl sites for hydroxylation is 2. The third-order valence-corrected chi connectivity index (χ3v) is 8.01. The molecule has 4 N–H and O–H groups in total. The molecule has 0 bridgehead atoms. The van der Waals surface area contributed by atoms with Gasteiger partial charge in [-0.15, -0.1) is 0 Å². The van der Waals surface area contributed by atoms with Gasteiger partial charge in [-0.05, 0) is 91.0 Å². The van der Waals surface area contributed by atoms with Crippen LogP contribution in [0.15, 0.2) is 30.3 Å². The van der Waals surface area contributed by atoms with Crippen molar-refractivity contribution in [1.82, 2.24) is 15.1 Å². The fourth-order valence-corrected chi connectivity index (χ4v) is 5.84. The average Bonchev–Trinajstić information content (AvgIpc) is 3.68. The standard InChI is InChI=1S/C28H31F2N5O4/c1-32-28(39)33-19-6-8-20-17(10-19)4-7-21(20)26(37)35(27(31)38)14-25(36)34-13-18-12-23(30)22(29)11-16(18)5-9-24(34)15-2-3-15/h6,8,10-12,15,21,24H,2-5,7,9,13-14H2,1H3,(H2,31,38)(H2,32,33,39)/t21-,24-/m0/s1. The molecule has 3 aliphatic rings. The zero-order valence-corrected chi connectivity index (χ0v) is 21.6. The van der Waals surface area contributed by atoms with Crippen LogP contribution in [0.25, 0.3) is 0 Å². The van der Waals surface area contributed by atoms with Gasteiger partial charge in [-0.2, -0.15) is 0 Å². The molecule has 1 aliphatic heterocycles. The van der Waals surface area contributed by atoms with E-state index in [-0.39, 0.29) is 24.5 Å². The number of fused-ring (bicyclic) bond motifs is 2. The molecule has 0 aromatic heterocycles. The number of imide groups is 1. The molecular formula is C28H31F2N5O4. The number of urea groups is 2. The molecule has 9 nitrogen and oxygen atoms in total. The minimum Gasteiger partial charge on any atom is -0.351 e. The highest BCUT2D eigenvalue weighted by atomic mass is 19.2. The van der Waals surface area contributed by atoms with E-state index in [0.29, 0.717) is 42.5 Å². The number of benzene rings is 2. The van der Waals surface area contributed by atoms with Crippen LogP contribution in [0.4, 0.5) is 24.1 Å². The number of nitrogens with one attached hydrogen (secondary N) is 2. The number of hydrogen-bond acceptors (Lipinski definition) is 4. The Hall–Kier alpha value is -4.02. The summed E-state index contributed by atoms with van der Waals surface area (Å²) < 4.78 is 27.9. The number of nitrogens with two attached hydrogens (primary N) is 1. The van der Waals surface area contributed by atoms with Crippen molar-refractivity contribution in [3.05, 3.63) is 64.2 Å². The fourth-order valence-electron chi connectivity index (χ4n) is 5.84.